The van der Waals surface area contributed by atoms with Crippen molar-refractivity contribution < 1.29 is 9.59 Å². The Morgan fingerprint density at radius 2 is 1.60 bits per heavy atom. The second-order valence-corrected chi connectivity index (χ2v) is 6.19. The number of rotatable bonds is 7. The fourth-order valence-corrected chi connectivity index (χ4v) is 2.46. The standard InChI is InChI=1S/C20H25N3O2/c1-22(2)14-8-13-21-19(24)16-9-7-10-17(15-16)20(25)23(3)18-11-5-4-6-12-18/h4-7,9-12,15H,8,13-14H2,1-3H3,(H,21,24). The minimum absolute atomic E-state index is 0.145. The van der Waals surface area contributed by atoms with Crippen molar-refractivity contribution in [1.29, 1.82) is 0 Å². The number of carbonyl (C=O) groups is 2. The molecule has 0 aliphatic carbocycles. The molecular weight excluding hydrogens is 314 g/mol. The molecule has 0 aliphatic heterocycles. The van der Waals surface area contributed by atoms with Gasteiger partial charge in [0.05, 0.1) is 0 Å². The third kappa shape index (κ3) is 5.43. The van der Waals surface area contributed by atoms with E-state index in [-0.39, 0.29) is 11.8 Å². The molecule has 5 nitrogen and oxygen atoms in total. The van der Waals surface area contributed by atoms with Gasteiger partial charge < -0.3 is 15.1 Å². The van der Waals surface area contributed by atoms with E-state index in [1.165, 1.54) is 0 Å². The third-order valence-electron chi connectivity index (χ3n) is 3.89. The molecule has 0 radical (unpaired) electrons. The van der Waals surface area contributed by atoms with Crippen molar-refractivity contribution in [2.45, 2.75) is 6.42 Å². The van der Waals surface area contributed by atoms with Crippen molar-refractivity contribution >= 4 is 17.5 Å². The second kappa shape index (κ2) is 8.99. The largest absolute Gasteiger partial charge is 0.352 e. The highest BCUT2D eigenvalue weighted by Crippen LogP contribution is 2.15. The van der Waals surface area contributed by atoms with E-state index in [4.69, 9.17) is 0 Å². The molecule has 2 aromatic rings. The maximum atomic E-state index is 12.6. The van der Waals surface area contributed by atoms with Gasteiger partial charge in [-0.25, -0.2) is 0 Å². The minimum atomic E-state index is -0.157. The van der Waals surface area contributed by atoms with E-state index in [2.05, 4.69) is 10.2 Å². The number of para-hydroxylation sites is 1. The molecule has 2 aromatic carbocycles. The lowest BCUT2D eigenvalue weighted by Crippen LogP contribution is -2.28. The van der Waals surface area contributed by atoms with Gasteiger partial charge in [0.2, 0.25) is 0 Å². The molecule has 2 rings (SSSR count). The van der Waals surface area contributed by atoms with Gasteiger partial charge in [-0.15, -0.1) is 0 Å². The predicted octanol–water partition coefficient (Wildman–Crippen LogP) is 2.64. The summed E-state index contributed by atoms with van der Waals surface area (Å²) in [4.78, 5) is 28.6. The van der Waals surface area contributed by atoms with Gasteiger partial charge in [-0.1, -0.05) is 24.3 Å². The Bertz CT molecular complexity index is 714. The van der Waals surface area contributed by atoms with Crippen LogP contribution in [0.3, 0.4) is 0 Å². The van der Waals surface area contributed by atoms with E-state index in [0.29, 0.717) is 17.7 Å². The first-order valence-corrected chi connectivity index (χ1v) is 8.35. The van der Waals surface area contributed by atoms with E-state index in [1.807, 2.05) is 44.4 Å². The average molecular weight is 339 g/mol. The van der Waals surface area contributed by atoms with Crippen LogP contribution in [-0.4, -0.2) is 50.9 Å². The summed E-state index contributed by atoms with van der Waals surface area (Å²) in [7, 11) is 5.73. The van der Waals surface area contributed by atoms with Gasteiger partial charge in [-0.3, -0.25) is 9.59 Å². The summed E-state index contributed by atoms with van der Waals surface area (Å²) < 4.78 is 0. The van der Waals surface area contributed by atoms with Crippen LogP contribution in [0.4, 0.5) is 5.69 Å². The van der Waals surface area contributed by atoms with Gasteiger partial charge in [0, 0.05) is 30.4 Å². The SMILES string of the molecule is CN(C)CCCNC(=O)c1cccc(C(=O)N(C)c2ccccc2)c1. The van der Waals surface area contributed by atoms with E-state index in [1.54, 1.807) is 36.2 Å². The predicted molar refractivity (Wildman–Crippen MR) is 101 cm³/mol. The van der Waals surface area contributed by atoms with Crippen LogP contribution in [0, 0.1) is 0 Å². The molecule has 2 amide bonds. The van der Waals surface area contributed by atoms with Crippen molar-refractivity contribution in [3.63, 3.8) is 0 Å². The molecule has 132 valence electrons. The maximum Gasteiger partial charge on any atom is 0.258 e. The van der Waals surface area contributed by atoms with Crippen LogP contribution in [0.25, 0.3) is 0 Å². The number of anilines is 1. The van der Waals surface area contributed by atoms with Crippen LogP contribution in [0.15, 0.2) is 54.6 Å². The average Bonchev–Trinajstić information content (AvgIpc) is 2.64. The molecule has 1 N–H and O–H groups in total. The first kappa shape index (κ1) is 18.7. The first-order valence-electron chi connectivity index (χ1n) is 8.35. The molecular formula is C20H25N3O2. The summed E-state index contributed by atoms with van der Waals surface area (Å²) >= 11 is 0. The fraction of sp³-hybridized carbons (Fsp3) is 0.300. The number of nitrogens with one attached hydrogen (secondary N) is 1. The van der Waals surface area contributed by atoms with Crippen LogP contribution in [0.5, 0.6) is 0 Å². The van der Waals surface area contributed by atoms with Gasteiger partial charge in [0.15, 0.2) is 0 Å². The highest BCUT2D eigenvalue weighted by atomic mass is 16.2. The lowest BCUT2D eigenvalue weighted by molar-refractivity contribution is 0.0952. The summed E-state index contributed by atoms with van der Waals surface area (Å²) in [5.74, 6) is -0.302. The summed E-state index contributed by atoms with van der Waals surface area (Å²) in [6.07, 6.45) is 0.883. The van der Waals surface area contributed by atoms with Crippen molar-refractivity contribution in [2.75, 3.05) is 39.1 Å². The van der Waals surface area contributed by atoms with Gasteiger partial charge in [0.1, 0.15) is 0 Å². The van der Waals surface area contributed by atoms with E-state index < -0.39 is 0 Å². The summed E-state index contributed by atoms with van der Waals surface area (Å²) in [5.41, 5.74) is 1.80. The maximum absolute atomic E-state index is 12.6. The Hall–Kier alpha value is -2.66. The Morgan fingerprint density at radius 3 is 2.28 bits per heavy atom. The van der Waals surface area contributed by atoms with Gasteiger partial charge in [-0.2, -0.15) is 0 Å². The van der Waals surface area contributed by atoms with Crippen LogP contribution in [-0.2, 0) is 0 Å². The molecule has 0 fully saturated rings. The van der Waals surface area contributed by atoms with Crippen LogP contribution >= 0.6 is 0 Å². The Labute approximate surface area is 149 Å². The molecule has 0 atom stereocenters. The summed E-state index contributed by atoms with van der Waals surface area (Å²) in [6.45, 7) is 1.53. The smallest absolute Gasteiger partial charge is 0.258 e. The van der Waals surface area contributed by atoms with Gasteiger partial charge >= 0.3 is 0 Å². The monoisotopic (exact) mass is 339 g/mol. The van der Waals surface area contributed by atoms with E-state index in [0.717, 1.165) is 18.7 Å². The van der Waals surface area contributed by atoms with Gasteiger partial charge in [-0.05, 0) is 57.4 Å². The molecule has 25 heavy (non-hydrogen) atoms. The topological polar surface area (TPSA) is 52.7 Å². The van der Waals surface area contributed by atoms with Crippen molar-refractivity contribution in [3.8, 4) is 0 Å². The Kier molecular flexibility index (Phi) is 6.71. The number of hydrogen-bond donors (Lipinski definition) is 1. The number of amides is 2. The quantitative estimate of drug-likeness (QED) is 0.789. The summed E-state index contributed by atoms with van der Waals surface area (Å²) in [5, 5.41) is 2.89. The lowest BCUT2D eigenvalue weighted by atomic mass is 10.1. The fourth-order valence-electron chi connectivity index (χ4n) is 2.46. The molecule has 0 bridgehead atoms. The van der Waals surface area contributed by atoms with E-state index >= 15 is 0 Å². The highest BCUT2D eigenvalue weighted by molar-refractivity contribution is 6.07. The molecule has 0 aliphatic rings. The molecule has 0 saturated carbocycles. The zero-order valence-corrected chi connectivity index (χ0v) is 15.0. The molecule has 0 unspecified atom stereocenters. The van der Waals surface area contributed by atoms with Crippen LogP contribution in [0.1, 0.15) is 27.1 Å². The van der Waals surface area contributed by atoms with Crippen molar-refractivity contribution in [1.82, 2.24) is 10.2 Å². The molecule has 0 spiro atoms. The molecule has 0 aromatic heterocycles. The second-order valence-electron chi connectivity index (χ2n) is 6.19. The number of carbonyl (C=O) groups excluding carboxylic acids is 2. The number of nitrogens with zero attached hydrogens (tertiary/aromatic N) is 2. The van der Waals surface area contributed by atoms with Crippen molar-refractivity contribution in [2.24, 2.45) is 0 Å². The Balaban J connectivity index is 2.02. The molecule has 0 saturated heterocycles. The van der Waals surface area contributed by atoms with Crippen molar-refractivity contribution in [3.05, 3.63) is 65.7 Å². The lowest BCUT2D eigenvalue weighted by Gasteiger charge is -2.17. The zero-order valence-electron chi connectivity index (χ0n) is 15.0. The number of hydrogen-bond acceptors (Lipinski definition) is 3. The van der Waals surface area contributed by atoms with Crippen LogP contribution < -0.4 is 10.2 Å². The minimum Gasteiger partial charge on any atom is -0.352 e. The zero-order chi connectivity index (χ0) is 18.2. The normalized spacial score (nSPS) is 10.6. The number of benzene rings is 2. The van der Waals surface area contributed by atoms with E-state index in [9.17, 15) is 9.59 Å². The van der Waals surface area contributed by atoms with Crippen LogP contribution in [0.2, 0.25) is 0 Å². The summed E-state index contributed by atoms with van der Waals surface area (Å²) in [6, 6.07) is 16.3. The van der Waals surface area contributed by atoms with Gasteiger partial charge in [0.25, 0.3) is 11.8 Å². The third-order valence-corrected chi connectivity index (χ3v) is 3.89. The highest BCUT2D eigenvalue weighted by Gasteiger charge is 2.15. The first-order chi connectivity index (χ1) is 12.0. The molecule has 0 heterocycles. The Morgan fingerprint density at radius 1 is 0.920 bits per heavy atom. The molecule has 5 heteroatoms.